The fraction of sp³-hybridized carbons (Fsp3) is 0.500. The molecule has 4 heterocycles. The van der Waals surface area contributed by atoms with E-state index < -0.39 is 0 Å². The summed E-state index contributed by atoms with van der Waals surface area (Å²) in [5.74, 6) is 0.0221. The third kappa shape index (κ3) is 4.57. The number of carbonyl (C=O) groups excluding carboxylic acids is 1. The molecule has 0 radical (unpaired) electrons. The first-order chi connectivity index (χ1) is 15.2. The molecule has 1 aromatic carbocycles. The Bertz CT molecular complexity index is 1000. The minimum absolute atomic E-state index is 0.252. The third-order valence-electron chi connectivity index (χ3n) is 6.13. The summed E-state index contributed by atoms with van der Waals surface area (Å²) < 4.78 is 14.9. The predicted octanol–water partition coefficient (Wildman–Crippen LogP) is 3.12. The molecule has 0 bridgehead atoms. The lowest BCUT2D eigenvalue weighted by Gasteiger charge is -2.35. The number of rotatable bonds is 4. The van der Waals surface area contributed by atoms with Gasteiger partial charge in [-0.25, -0.2) is 13.9 Å². The van der Waals surface area contributed by atoms with Gasteiger partial charge in [-0.15, -0.1) is 5.10 Å². The fourth-order valence-electron chi connectivity index (χ4n) is 4.29. The number of likely N-dealkylation sites (tertiary alicyclic amines) is 1. The van der Waals surface area contributed by atoms with Crippen molar-refractivity contribution in [3.8, 4) is 11.3 Å². The van der Waals surface area contributed by atoms with Crippen molar-refractivity contribution in [1.29, 1.82) is 0 Å². The molecule has 0 spiro atoms. The molecule has 0 atom stereocenters. The number of hydrogen-bond donors (Lipinski definition) is 0. The van der Waals surface area contributed by atoms with Crippen LogP contribution in [0.1, 0.15) is 25.7 Å². The zero-order chi connectivity index (χ0) is 21.2. The lowest BCUT2D eigenvalue weighted by Crippen LogP contribution is -2.50. The highest BCUT2D eigenvalue weighted by molar-refractivity contribution is 7.20. The number of aromatic nitrogens is 3. The smallest absolute Gasteiger partial charge is 0.236 e. The summed E-state index contributed by atoms with van der Waals surface area (Å²) in [6, 6.07) is 6.35. The van der Waals surface area contributed by atoms with Gasteiger partial charge in [-0.05, 0) is 37.1 Å². The third-order valence-corrected chi connectivity index (χ3v) is 7.12. The standard InChI is InChI=1S/C22H27FN6OS/c23-18-7-5-17(6-8-18)19-15-29-21(24-19)31-22(25-29)28-13-11-26(12-14-28)16-20(30)27-9-3-1-2-4-10-27/h5-8,15H,1-4,9-14,16H2. The minimum Gasteiger partial charge on any atom is -0.344 e. The molecule has 2 aliphatic rings. The van der Waals surface area contributed by atoms with E-state index in [4.69, 9.17) is 5.10 Å². The molecule has 2 aliphatic heterocycles. The first kappa shape index (κ1) is 20.4. The molecule has 5 rings (SSSR count). The summed E-state index contributed by atoms with van der Waals surface area (Å²) in [5, 5.41) is 5.65. The number of carbonyl (C=O) groups is 1. The Kier molecular flexibility index (Phi) is 5.87. The number of amides is 1. The molecule has 2 saturated heterocycles. The summed E-state index contributed by atoms with van der Waals surface area (Å²) in [5.41, 5.74) is 1.67. The number of halogens is 1. The van der Waals surface area contributed by atoms with Crippen LogP contribution in [-0.4, -0.2) is 76.1 Å². The maximum Gasteiger partial charge on any atom is 0.236 e. The fourth-order valence-corrected chi connectivity index (χ4v) is 5.22. The lowest BCUT2D eigenvalue weighted by atomic mass is 10.2. The molecule has 0 N–H and O–H groups in total. The van der Waals surface area contributed by atoms with Crippen LogP contribution in [0.4, 0.5) is 9.52 Å². The summed E-state index contributed by atoms with van der Waals surface area (Å²) >= 11 is 1.56. The molecule has 1 amide bonds. The lowest BCUT2D eigenvalue weighted by molar-refractivity contribution is -0.132. The van der Waals surface area contributed by atoms with Crippen LogP contribution in [0.25, 0.3) is 16.2 Å². The molecular weight excluding hydrogens is 415 g/mol. The Morgan fingerprint density at radius 1 is 0.968 bits per heavy atom. The molecule has 3 aromatic rings. The van der Waals surface area contributed by atoms with E-state index in [-0.39, 0.29) is 11.7 Å². The Morgan fingerprint density at radius 2 is 1.68 bits per heavy atom. The molecular formula is C22H27FN6OS. The van der Waals surface area contributed by atoms with Gasteiger partial charge >= 0.3 is 0 Å². The van der Waals surface area contributed by atoms with E-state index in [0.29, 0.717) is 6.54 Å². The van der Waals surface area contributed by atoms with Gasteiger partial charge in [0.25, 0.3) is 0 Å². The van der Waals surface area contributed by atoms with Crippen molar-refractivity contribution in [2.45, 2.75) is 25.7 Å². The predicted molar refractivity (Wildman–Crippen MR) is 120 cm³/mol. The van der Waals surface area contributed by atoms with Gasteiger partial charge in [0.05, 0.1) is 18.4 Å². The normalized spacial score (nSPS) is 18.5. The molecule has 2 fully saturated rings. The van der Waals surface area contributed by atoms with Crippen LogP contribution in [0.3, 0.4) is 0 Å². The molecule has 2 aromatic heterocycles. The van der Waals surface area contributed by atoms with Gasteiger partial charge in [-0.1, -0.05) is 24.2 Å². The monoisotopic (exact) mass is 442 g/mol. The Hall–Kier alpha value is -2.52. The molecule has 0 unspecified atom stereocenters. The van der Waals surface area contributed by atoms with Gasteiger partial charge in [0.15, 0.2) is 0 Å². The number of hydrogen-bond acceptors (Lipinski definition) is 6. The van der Waals surface area contributed by atoms with Crippen LogP contribution in [0, 0.1) is 5.82 Å². The number of nitrogens with zero attached hydrogens (tertiary/aromatic N) is 6. The maximum absolute atomic E-state index is 13.1. The zero-order valence-corrected chi connectivity index (χ0v) is 18.4. The van der Waals surface area contributed by atoms with E-state index in [1.54, 1.807) is 28.0 Å². The van der Waals surface area contributed by atoms with Crippen molar-refractivity contribution in [1.82, 2.24) is 24.4 Å². The maximum atomic E-state index is 13.1. The first-order valence-electron chi connectivity index (χ1n) is 11.0. The van der Waals surface area contributed by atoms with Gasteiger partial charge in [-0.2, -0.15) is 0 Å². The van der Waals surface area contributed by atoms with Crippen LogP contribution >= 0.6 is 11.3 Å². The summed E-state index contributed by atoms with van der Waals surface area (Å²) in [4.78, 5) is 24.7. The molecule has 7 nitrogen and oxygen atoms in total. The first-order valence-corrected chi connectivity index (χ1v) is 11.8. The second-order valence-electron chi connectivity index (χ2n) is 8.30. The number of piperazine rings is 1. The molecule has 0 aliphatic carbocycles. The second kappa shape index (κ2) is 8.92. The van der Waals surface area contributed by atoms with Crippen molar-refractivity contribution in [3.63, 3.8) is 0 Å². The van der Waals surface area contributed by atoms with Gasteiger partial charge in [0, 0.05) is 44.8 Å². The Labute approximate surface area is 185 Å². The van der Waals surface area contributed by atoms with E-state index in [2.05, 4.69) is 14.8 Å². The minimum atomic E-state index is -0.252. The van der Waals surface area contributed by atoms with Crippen LogP contribution in [0.5, 0.6) is 0 Å². The van der Waals surface area contributed by atoms with Gasteiger partial charge in [0.2, 0.25) is 16.0 Å². The second-order valence-corrected chi connectivity index (χ2v) is 9.24. The summed E-state index contributed by atoms with van der Waals surface area (Å²) in [6.07, 6.45) is 6.64. The quantitative estimate of drug-likeness (QED) is 0.621. The molecule has 31 heavy (non-hydrogen) atoms. The van der Waals surface area contributed by atoms with E-state index in [9.17, 15) is 9.18 Å². The van der Waals surface area contributed by atoms with Gasteiger partial charge in [0.1, 0.15) is 5.82 Å². The van der Waals surface area contributed by atoms with Gasteiger partial charge < -0.3 is 9.80 Å². The van der Waals surface area contributed by atoms with Crippen molar-refractivity contribution >= 4 is 27.3 Å². The SMILES string of the molecule is O=C(CN1CCN(c2nn3cc(-c4ccc(F)cc4)nc3s2)CC1)N1CCCCCC1. The topological polar surface area (TPSA) is 57.0 Å². The van der Waals surface area contributed by atoms with E-state index in [0.717, 1.165) is 73.5 Å². The summed E-state index contributed by atoms with van der Waals surface area (Å²) in [6.45, 7) is 5.79. The molecule has 0 saturated carbocycles. The van der Waals surface area contributed by atoms with Crippen LogP contribution in [-0.2, 0) is 4.79 Å². The number of benzene rings is 1. The Morgan fingerprint density at radius 3 is 2.35 bits per heavy atom. The van der Waals surface area contributed by atoms with Crippen molar-refractivity contribution in [2.24, 2.45) is 0 Å². The molecule has 164 valence electrons. The van der Waals surface area contributed by atoms with E-state index in [1.165, 1.54) is 25.0 Å². The number of imidazole rings is 1. The highest BCUT2D eigenvalue weighted by Crippen LogP contribution is 2.27. The van der Waals surface area contributed by atoms with Gasteiger partial charge in [-0.3, -0.25) is 9.69 Å². The van der Waals surface area contributed by atoms with Crippen LogP contribution in [0.2, 0.25) is 0 Å². The van der Waals surface area contributed by atoms with Crippen LogP contribution < -0.4 is 4.90 Å². The van der Waals surface area contributed by atoms with Crippen molar-refractivity contribution in [2.75, 3.05) is 50.7 Å². The van der Waals surface area contributed by atoms with Crippen molar-refractivity contribution in [3.05, 3.63) is 36.3 Å². The molecule has 9 heteroatoms. The van der Waals surface area contributed by atoms with E-state index in [1.807, 2.05) is 11.1 Å². The average Bonchev–Trinajstić information content (AvgIpc) is 3.23. The number of fused-ring (bicyclic) bond motifs is 1. The average molecular weight is 443 g/mol. The highest BCUT2D eigenvalue weighted by atomic mass is 32.1. The summed E-state index contributed by atoms with van der Waals surface area (Å²) in [7, 11) is 0. The zero-order valence-electron chi connectivity index (χ0n) is 17.5. The van der Waals surface area contributed by atoms with Crippen LogP contribution in [0.15, 0.2) is 30.5 Å². The van der Waals surface area contributed by atoms with E-state index >= 15 is 0 Å². The Balaban J connectivity index is 1.18. The largest absolute Gasteiger partial charge is 0.344 e. The van der Waals surface area contributed by atoms with Crippen molar-refractivity contribution < 1.29 is 9.18 Å². The number of anilines is 1. The highest BCUT2D eigenvalue weighted by Gasteiger charge is 2.24.